The Morgan fingerprint density at radius 3 is 2.62 bits per heavy atom. The largest absolute Gasteiger partial charge is 0.384 e. The lowest BCUT2D eigenvalue weighted by atomic mass is 9.82. The Balaban J connectivity index is 2.13. The van der Waals surface area contributed by atoms with E-state index in [4.69, 9.17) is 5.11 Å². The fraction of sp³-hybridized carbons (Fsp3) is 0.471. The van der Waals surface area contributed by atoms with Crippen LogP contribution >= 0.6 is 0 Å². The molecule has 3 nitrogen and oxygen atoms in total. The molecule has 0 spiro atoms. The Labute approximate surface area is 124 Å². The molecule has 1 aromatic carbocycles. The zero-order valence-electron chi connectivity index (χ0n) is 12.4. The first-order valence-corrected chi connectivity index (χ1v) is 7.11. The van der Waals surface area contributed by atoms with E-state index in [2.05, 4.69) is 25.7 Å². The van der Waals surface area contributed by atoms with Gasteiger partial charge < -0.3 is 10.0 Å². The van der Waals surface area contributed by atoms with Gasteiger partial charge in [0.2, 0.25) is 0 Å². The maximum atomic E-state index is 14.1. The number of piperidine rings is 1. The first kappa shape index (κ1) is 15.5. The van der Waals surface area contributed by atoms with E-state index < -0.39 is 5.82 Å². The average Bonchev–Trinajstić information content (AvgIpc) is 2.44. The van der Waals surface area contributed by atoms with Gasteiger partial charge in [0.1, 0.15) is 12.4 Å². The van der Waals surface area contributed by atoms with Gasteiger partial charge in [-0.2, -0.15) is 0 Å². The molecule has 0 bridgehead atoms. The van der Waals surface area contributed by atoms with Crippen molar-refractivity contribution in [2.24, 2.45) is 5.41 Å². The summed E-state index contributed by atoms with van der Waals surface area (Å²) in [5.74, 6) is 4.26. The molecule has 1 saturated heterocycles. The van der Waals surface area contributed by atoms with E-state index in [1.165, 1.54) is 12.1 Å². The van der Waals surface area contributed by atoms with Crippen molar-refractivity contribution in [3.05, 3.63) is 35.1 Å². The van der Waals surface area contributed by atoms with Gasteiger partial charge in [-0.05, 0) is 36.5 Å². The highest BCUT2D eigenvalue weighted by atomic mass is 19.1. The number of carbonyl (C=O) groups is 1. The van der Waals surface area contributed by atoms with Gasteiger partial charge in [0.25, 0.3) is 5.91 Å². The number of rotatable bonds is 1. The summed E-state index contributed by atoms with van der Waals surface area (Å²) in [7, 11) is 0. The maximum absolute atomic E-state index is 14.1. The summed E-state index contributed by atoms with van der Waals surface area (Å²) in [5, 5.41) is 8.62. The van der Waals surface area contributed by atoms with Crippen molar-refractivity contribution in [1.82, 2.24) is 4.90 Å². The van der Waals surface area contributed by atoms with E-state index in [1.54, 1.807) is 11.0 Å². The van der Waals surface area contributed by atoms with E-state index in [0.29, 0.717) is 18.7 Å². The minimum absolute atomic E-state index is 0.0873. The minimum atomic E-state index is -0.561. The van der Waals surface area contributed by atoms with E-state index >= 15 is 0 Å². The van der Waals surface area contributed by atoms with Gasteiger partial charge in [0.15, 0.2) is 0 Å². The van der Waals surface area contributed by atoms with Crippen molar-refractivity contribution in [2.75, 3.05) is 19.7 Å². The molecule has 4 heteroatoms. The molecule has 1 amide bonds. The van der Waals surface area contributed by atoms with Crippen LogP contribution in [0.3, 0.4) is 0 Å². The van der Waals surface area contributed by atoms with Crippen molar-refractivity contribution >= 4 is 5.91 Å². The first-order valence-electron chi connectivity index (χ1n) is 7.11. The Hall–Kier alpha value is -1.86. The van der Waals surface area contributed by atoms with Gasteiger partial charge in [-0.3, -0.25) is 4.79 Å². The lowest BCUT2D eigenvalue weighted by molar-refractivity contribution is 0.0626. The van der Waals surface area contributed by atoms with E-state index in [1.807, 2.05) is 0 Å². The number of likely N-dealkylation sites (tertiary alicyclic amines) is 1. The molecule has 1 N–H and O–H groups in total. The molecule has 112 valence electrons. The first-order chi connectivity index (χ1) is 9.93. The second-order valence-corrected chi connectivity index (χ2v) is 6.11. The third kappa shape index (κ3) is 3.83. The number of carbonyl (C=O) groups excluding carboxylic acids is 1. The molecule has 0 atom stereocenters. The van der Waals surface area contributed by atoms with Gasteiger partial charge in [0, 0.05) is 18.7 Å². The standard InChI is InChI=1S/C17H20FNO2/c1-17(2)7-9-19(10-8-17)16(21)14-6-5-13(4-3-11-20)12-15(14)18/h5-6,12,20H,7-11H2,1-2H3. The molecule has 1 fully saturated rings. The molecule has 0 radical (unpaired) electrons. The molecule has 0 saturated carbocycles. The number of aliphatic hydroxyl groups excluding tert-OH is 1. The summed E-state index contributed by atoms with van der Waals surface area (Å²) in [6, 6.07) is 4.31. The van der Waals surface area contributed by atoms with Crippen LogP contribution in [0.5, 0.6) is 0 Å². The highest BCUT2D eigenvalue weighted by molar-refractivity contribution is 5.94. The minimum Gasteiger partial charge on any atom is -0.384 e. The molecule has 2 rings (SSSR count). The van der Waals surface area contributed by atoms with Gasteiger partial charge in [-0.15, -0.1) is 0 Å². The third-order valence-corrected chi connectivity index (χ3v) is 3.92. The van der Waals surface area contributed by atoms with Crippen LogP contribution in [-0.4, -0.2) is 35.6 Å². The Morgan fingerprint density at radius 1 is 1.38 bits per heavy atom. The molecule has 0 aliphatic carbocycles. The number of amides is 1. The second-order valence-electron chi connectivity index (χ2n) is 6.11. The monoisotopic (exact) mass is 289 g/mol. The molecule has 1 aliphatic rings. The van der Waals surface area contributed by atoms with Crippen LogP contribution in [0.15, 0.2) is 18.2 Å². The van der Waals surface area contributed by atoms with Crippen LogP contribution in [-0.2, 0) is 0 Å². The summed E-state index contributed by atoms with van der Waals surface area (Å²) in [4.78, 5) is 14.1. The second kappa shape index (κ2) is 6.28. The van der Waals surface area contributed by atoms with Crippen molar-refractivity contribution < 1.29 is 14.3 Å². The molecule has 21 heavy (non-hydrogen) atoms. The molecule has 0 unspecified atom stereocenters. The predicted octanol–water partition coefficient (Wildman–Crippen LogP) is 2.43. The highest BCUT2D eigenvalue weighted by Crippen LogP contribution is 2.30. The van der Waals surface area contributed by atoms with Crippen molar-refractivity contribution in [3.63, 3.8) is 0 Å². The number of aliphatic hydroxyl groups is 1. The Morgan fingerprint density at radius 2 is 2.05 bits per heavy atom. The lowest BCUT2D eigenvalue weighted by Gasteiger charge is -2.37. The summed E-state index contributed by atoms with van der Waals surface area (Å²) < 4.78 is 14.1. The summed E-state index contributed by atoms with van der Waals surface area (Å²) in [6.07, 6.45) is 1.86. The Kier molecular flexibility index (Phi) is 4.64. The smallest absolute Gasteiger partial charge is 0.256 e. The zero-order valence-corrected chi connectivity index (χ0v) is 12.4. The lowest BCUT2D eigenvalue weighted by Crippen LogP contribution is -2.41. The number of hydrogen-bond donors (Lipinski definition) is 1. The fourth-order valence-corrected chi connectivity index (χ4v) is 2.39. The topological polar surface area (TPSA) is 40.5 Å². The zero-order chi connectivity index (χ0) is 15.5. The van der Waals surface area contributed by atoms with Gasteiger partial charge in [0.05, 0.1) is 5.56 Å². The molecule has 0 aromatic heterocycles. The van der Waals surface area contributed by atoms with E-state index in [9.17, 15) is 9.18 Å². The predicted molar refractivity (Wildman–Crippen MR) is 79.3 cm³/mol. The van der Waals surface area contributed by atoms with Crippen LogP contribution < -0.4 is 0 Å². The SMILES string of the molecule is CC1(C)CCN(C(=O)c2ccc(C#CCO)cc2F)CC1. The van der Waals surface area contributed by atoms with Crippen LogP contribution in [0.2, 0.25) is 0 Å². The van der Waals surface area contributed by atoms with Gasteiger partial charge in [-0.25, -0.2) is 4.39 Å². The van der Waals surface area contributed by atoms with Gasteiger partial charge in [-0.1, -0.05) is 25.7 Å². The van der Waals surface area contributed by atoms with Crippen LogP contribution in [0.25, 0.3) is 0 Å². The van der Waals surface area contributed by atoms with Crippen molar-refractivity contribution in [3.8, 4) is 11.8 Å². The van der Waals surface area contributed by atoms with Gasteiger partial charge >= 0.3 is 0 Å². The highest BCUT2D eigenvalue weighted by Gasteiger charge is 2.29. The molecule has 1 aliphatic heterocycles. The number of halogens is 1. The van der Waals surface area contributed by atoms with Crippen LogP contribution in [0.1, 0.15) is 42.6 Å². The number of benzene rings is 1. The van der Waals surface area contributed by atoms with Crippen LogP contribution in [0, 0.1) is 23.1 Å². The summed E-state index contributed by atoms with van der Waals surface area (Å²) >= 11 is 0. The van der Waals surface area contributed by atoms with E-state index in [0.717, 1.165) is 12.8 Å². The summed E-state index contributed by atoms with van der Waals surface area (Å²) in [5.41, 5.74) is 0.793. The molecular formula is C17H20FNO2. The van der Waals surface area contributed by atoms with Crippen LogP contribution in [0.4, 0.5) is 4.39 Å². The van der Waals surface area contributed by atoms with Crippen molar-refractivity contribution in [1.29, 1.82) is 0 Å². The summed E-state index contributed by atoms with van der Waals surface area (Å²) in [6.45, 7) is 5.43. The molecule has 1 aromatic rings. The third-order valence-electron chi connectivity index (χ3n) is 3.92. The Bertz CT molecular complexity index is 589. The fourth-order valence-electron chi connectivity index (χ4n) is 2.39. The van der Waals surface area contributed by atoms with E-state index in [-0.39, 0.29) is 23.5 Å². The number of hydrogen-bond acceptors (Lipinski definition) is 2. The number of nitrogens with zero attached hydrogens (tertiary/aromatic N) is 1. The normalized spacial score (nSPS) is 17.0. The van der Waals surface area contributed by atoms with Crippen molar-refractivity contribution in [2.45, 2.75) is 26.7 Å². The molecular weight excluding hydrogens is 269 g/mol. The molecule has 1 heterocycles. The average molecular weight is 289 g/mol. The quantitative estimate of drug-likeness (QED) is 0.807. The maximum Gasteiger partial charge on any atom is 0.256 e.